The fraction of sp³-hybridized carbons (Fsp3) is 0.500. The lowest BCUT2D eigenvalue weighted by atomic mass is 10.0. The molecule has 0 unspecified atom stereocenters. The van der Waals surface area contributed by atoms with E-state index in [1.54, 1.807) is 0 Å². The van der Waals surface area contributed by atoms with Gasteiger partial charge < -0.3 is 0 Å². The Morgan fingerprint density at radius 1 is 1.19 bits per heavy atom. The smallest absolute Gasteiger partial charge is 0.225 e. The number of nitrogens with two attached hydrogens (primary N) is 1. The topological polar surface area (TPSA) is 97.5 Å². The molecular formula is C12H17FN2O4S2. The van der Waals surface area contributed by atoms with Gasteiger partial charge in [-0.15, -0.1) is 0 Å². The molecule has 0 saturated carbocycles. The van der Waals surface area contributed by atoms with E-state index in [4.69, 9.17) is 5.14 Å². The van der Waals surface area contributed by atoms with Gasteiger partial charge >= 0.3 is 0 Å². The molecule has 2 rings (SSSR count). The Hall–Kier alpha value is -1.03. The number of rotatable bonds is 3. The summed E-state index contributed by atoms with van der Waals surface area (Å²) >= 11 is 0. The van der Waals surface area contributed by atoms with Crippen LogP contribution in [0, 0.1) is 11.7 Å². The number of hydrogen-bond donors (Lipinski definition) is 1. The first-order valence-corrected chi connectivity index (χ1v) is 9.43. The molecule has 21 heavy (non-hydrogen) atoms. The van der Waals surface area contributed by atoms with Crippen LogP contribution in [0.2, 0.25) is 0 Å². The van der Waals surface area contributed by atoms with Crippen molar-refractivity contribution in [3.05, 3.63) is 24.0 Å². The lowest BCUT2D eigenvalue weighted by Gasteiger charge is -2.29. The molecule has 1 aliphatic rings. The molecule has 0 amide bonds. The van der Waals surface area contributed by atoms with Crippen molar-refractivity contribution in [2.24, 2.45) is 11.1 Å². The van der Waals surface area contributed by atoms with Gasteiger partial charge in [0.1, 0.15) is 10.7 Å². The van der Waals surface area contributed by atoms with Gasteiger partial charge in [0.15, 0.2) is 0 Å². The van der Waals surface area contributed by atoms with Crippen LogP contribution in [0.5, 0.6) is 0 Å². The van der Waals surface area contributed by atoms with Crippen molar-refractivity contribution in [2.75, 3.05) is 13.1 Å². The fourth-order valence-electron chi connectivity index (χ4n) is 2.23. The van der Waals surface area contributed by atoms with Gasteiger partial charge in [0.05, 0.1) is 4.90 Å². The van der Waals surface area contributed by atoms with Gasteiger partial charge in [-0.25, -0.2) is 26.4 Å². The van der Waals surface area contributed by atoms with Crippen LogP contribution < -0.4 is 5.14 Å². The van der Waals surface area contributed by atoms with Gasteiger partial charge in [-0.1, -0.05) is 6.92 Å². The van der Waals surface area contributed by atoms with Crippen molar-refractivity contribution >= 4 is 20.0 Å². The molecule has 0 aromatic heterocycles. The van der Waals surface area contributed by atoms with Crippen LogP contribution in [0.15, 0.2) is 28.0 Å². The highest BCUT2D eigenvalue weighted by molar-refractivity contribution is 7.89. The maximum Gasteiger partial charge on any atom is 0.245 e. The summed E-state index contributed by atoms with van der Waals surface area (Å²) in [5.74, 6) is -0.675. The van der Waals surface area contributed by atoms with Crippen LogP contribution in [0.4, 0.5) is 4.39 Å². The van der Waals surface area contributed by atoms with Crippen LogP contribution in [-0.4, -0.2) is 34.2 Å². The minimum atomic E-state index is -4.07. The first kappa shape index (κ1) is 16.3. The molecule has 118 valence electrons. The predicted octanol–water partition coefficient (Wildman–Crippen LogP) is 0.894. The van der Waals surface area contributed by atoms with E-state index in [1.165, 1.54) is 4.31 Å². The maximum absolute atomic E-state index is 14.0. The first-order valence-electron chi connectivity index (χ1n) is 6.45. The minimum absolute atomic E-state index is 0.333. The van der Waals surface area contributed by atoms with Crippen LogP contribution in [0.1, 0.15) is 19.8 Å². The fourth-order valence-corrected chi connectivity index (χ4v) is 4.27. The third kappa shape index (κ3) is 3.42. The molecule has 1 aromatic carbocycles. The zero-order chi connectivity index (χ0) is 15.8. The molecule has 1 fully saturated rings. The summed E-state index contributed by atoms with van der Waals surface area (Å²) in [6.07, 6.45) is 1.44. The molecule has 2 N–H and O–H groups in total. The highest BCUT2D eigenvalue weighted by Crippen LogP contribution is 2.26. The molecule has 0 spiro atoms. The number of benzene rings is 1. The van der Waals surface area contributed by atoms with Gasteiger partial charge in [0.2, 0.25) is 20.0 Å². The minimum Gasteiger partial charge on any atom is -0.225 e. The van der Waals surface area contributed by atoms with E-state index in [9.17, 15) is 21.2 Å². The standard InChI is InChI=1S/C12H17FN2O4S2/c1-9-4-6-15(7-5-9)21(18,19)12-3-2-10(8-11(12)13)20(14,16)17/h2-3,8-9H,4-7H2,1H3,(H2,14,16,17). The second kappa shape index (κ2) is 5.64. The number of halogens is 1. The van der Waals surface area contributed by atoms with Crippen molar-refractivity contribution in [3.63, 3.8) is 0 Å². The Morgan fingerprint density at radius 2 is 1.76 bits per heavy atom. The third-order valence-electron chi connectivity index (χ3n) is 3.59. The van der Waals surface area contributed by atoms with Crippen LogP contribution in [0.25, 0.3) is 0 Å². The molecule has 1 aromatic rings. The van der Waals surface area contributed by atoms with Crippen LogP contribution in [-0.2, 0) is 20.0 Å². The average molecular weight is 336 g/mol. The normalized spacial score (nSPS) is 18.8. The molecule has 6 nitrogen and oxygen atoms in total. The van der Waals surface area contributed by atoms with Crippen molar-refractivity contribution < 1.29 is 21.2 Å². The lowest BCUT2D eigenvalue weighted by molar-refractivity contribution is 0.287. The highest BCUT2D eigenvalue weighted by atomic mass is 32.2. The van der Waals surface area contributed by atoms with Crippen molar-refractivity contribution in [1.82, 2.24) is 4.31 Å². The Labute approximate surface area is 123 Å². The van der Waals surface area contributed by atoms with E-state index in [0.29, 0.717) is 25.1 Å². The maximum atomic E-state index is 14.0. The quantitative estimate of drug-likeness (QED) is 0.886. The summed E-state index contributed by atoms with van der Waals surface area (Å²) in [5.41, 5.74) is 0. The van der Waals surface area contributed by atoms with Crippen LogP contribution in [0.3, 0.4) is 0 Å². The average Bonchev–Trinajstić information content (AvgIpc) is 2.37. The molecule has 1 saturated heterocycles. The van der Waals surface area contributed by atoms with E-state index in [2.05, 4.69) is 0 Å². The van der Waals surface area contributed by atoms with Gasteiger partial charge in [-0.3, -0.25) is 0 Å². The second-order valence-electron chi connectivity index (χ2n) is 5.22. The Bertz CT molecular complexity index is 739. The number of hydrogen-bond acceptors (Lipinski definition) is 4. The zero-order valence-corrected chi connectivity index (χ0v) is 13.1. The van der Waals surface area contributed by atoms with Crippen molar-refractivity contribution in [3.8, 4) is 0 Å². The van der Waals surface area contributed by atoms with Gasteiger partial charge in [0.25, 0.3) is 0 Å². The lowest BCUT2D eigenvalue weighted by Crippen LogP contribution is -2.38. The van der Waals surface area contributed by atoms with Gasteiger partial charge in [-0.05, 0) is 37.0 Å². The van der Waals surface area contributed by atoms with E-state index in [-0.39, 0.29) is 0 Å². The van der Waals surface area contributed by atoms with Crippen LogP contribution >= 0.6 is 0 Å². The third-order valence-corrected chi connectivity index (χ3v) is 6.44. The Balaban J connectivity index is 2.37. The molecular weight excluding hydrogens is 319 g/mol. The van der Waals surface area contributed by atoms with Gasteiger partial charge in [0, 0.05) is 13.1 Å². The van der Waals surface area contributed by atoms with E-state index in [0.717, 1.165) is 25.0 Å². The molecule has 9 heteroatoms. The molecule has 0 atom stereocenters. The van der Waals surface area contributed by atoms with Crippen molar-refractivity contribution in [2.45, 2.75) is 29.6 Å². The predicted molar refractivity (Wildman–Crippen MR) is 74.9 cm³/mol. The summed E-state index contributed by atoms with van der Waals surface area (Å²) < 4.78 is 62.2. The highest BCUT2D eigenvalue weighted by Gasteiger charge is 2.30. The molecule has 1 heterocycles. The molecule has 0 aliphatic carbocycles. The molecule has 1 aliphatic heterocycles. The number of sulfonamides is 2. The van der Waals surface area contributed by atoms with Gasteiger partial charge in [-0.2, -0.15) is 4.31 Å². The largest absolute Gasteiger partial charge is 0.245 e. The number of nitrogens with zero attached hydrogens (tertiary/aromatic N) is 1. The summed E-state index contributed by atoms with van der Waals surface area (Å²) in [4.78, 5) is -0.976. The summed E-state index contributed by atoms with van der Waals surface area (Å²) in [6.45, 7) is 2.70. The van der Waals surface area contributed by atoms with E-state index in [1.807, 2.05) is 6.92 Å². The van der Waals surface area contributed by atoms with E-state index < -0.39 is 35.7 Å². The Kier molecular flexibility index (Phi) is 4.39. The molecule has 0 bridgehead atoms. The number of primary sulfonamides is 1. The summed E-state index contributed by atoms with van der Waals surface area (Å²) in [6, 6.07) is 2.58. The SMILES string of the molecule is CC1CCN(S(=O)(=O)c2ccc(S(N)(=O)=O)cc2F)CC1. The first-order chi connectivity index (χ1) is 9.62. The van der Waals surface area contributed by atoms with Crippen molar-refractivity contribution in [1.29, 1.82) is 0 Å². The zero-order valence-electron chi connectivity index (χ0n) is 11.5. The monoisotopic (exact) mass is 336 g/mol. The summed E-state index contributed by atoms with van der Waals surface area (Å²) in [7, 11) is -8.02. The Morgan fingerprint density at radius 3 is 2.24 bits per heavy atom. The van der Waals surface area contributed by atoms with E-state index >= 15 is 0 Å². The second-order valence-corrected chi connectivity index (χ2v) is 8.69. The summed E-state index contributed by atoms with van der Waals surface area (Å²) in [5, 5.41) is 4.89. The number of piperidine rings is 1. The molecule has 0 radical (unpaired) electrons.